The zero-order valence-corrected chi connectivity index (χ0v) is 17.0. The molecule has 29 heavy (non-hydrogen) atoms. The molecule has 0 radical (unpaired) electrons. The third-order valence-electron chi connectivity index (χ3n) is 4.86. The Kier molecular flexibility index (Phi) is 5.71. The lowest BCUT2D eigenvalue weighted by Crippen LogP contribution is -2.28. The van der Waals surface area contributed by atoms with E-state index in [-0.39, 0.29) is 11.8 Å². The number of thioether (sulfide) groups is 1. The lowest BCUT2D eigenvalue weighted by molar-refractivity contribution is -0.113. The van der Waals surface area contributed by atoms with Crippen LogP contribution in [0.1, 0.15) is 27.0 Å². The number of aryl methyl sites for hydroxylation is 1. The van der Waals surface area contributed by atoms with Crippen molar-refractivity contribution >= 4 is 35.0 Å². The summed E-state index contributed by atoms with van der Waals surface area (Å²) >= 11 is 1.60. The van der Waals surface area contributed by atoms with Crippen molar-refractivity contribution in [1.29, 1.82) is 0 Å². The van der Waals surface area contributed by atoms with E-state index in [0.29, 0.717) is 17.9 Å². The summed E-state index contributed by atoms with van der Waals surface area (Å²) in [6.07, 6.45) is 3.73. The van der Waals surface area contributed by atoms with Crippen LogP contribution in [0.3, 0.4) is 0 Å². The molecule has 0 saturated heterocycles. The van der Waals surface area contributed by atoms with Crippen molar-refractivity contribution in [2.24, 2.45) is 0 Å². The second-order valence-electron chi connectivity index (χ2n) is 7.09. The number of hydrogen-bond donors (Lipinski definition) is 1. The van der Waals surface area contributed by atoms with E-state index in [9.17, 15) is 9.59 Å². The van der Waals surface area contributed by atoms with Crippen LogP contribution in [-0.4, -0.2) is 24.1 Å². The summed E-state index contributed by atoms with van der Waals surface area (Å²) in [5.41, 5.74) is 5.71. The van der Waals surface area contributed by atoms with Gasteiger partial charge in [-0.15, -0.1) is 11.8 Å². The first-order chi connectivity index (χ1) is 14.1. The average Bonchev–Trinajstić information content (AvgIpc) is 3.37. The van der Waals surface area contributed by atoms with Crippen molar-refractivity contribution in [3.8, 4) is 0 Å². The van der Waals surface area contributed by atoms with Crippen molar-refractivity contribution in [2.75, 3.05) is 22.5 Å². The molecule has 0 unspecified atom stereocenters. The molecule has 0 bridgehead atoms. The molecule has 1 N–H and O–H groups in total. The van der Waals surface area contributed by atoms with E-state index in [1.54, 1.807) is 22.7 Å². The van der Waals surface area contributed by atoms with Gasteiger partial charge in [-0.25, -0.2) is 0 Å². The lowest BCUT2D eigenvalue weighted by Gasteiger charge is -2.16. The molecular weight excluding hydrogens is 384 g/mol. The monoisotopic (exact) mass is 406 g/mol. The van der Waals surface area contributed by atoms with E-state index in [1.165, 1.54) is 23.7 Å². The first-order valence-corrected chi connectivity index (χ1v) is 10.7. The summed E-state index contributed by atoms with van der Waals surface area (Å²) in [4.78, 5) is 26.6. The summed E-state index contributed by atoms with van der Waals surface area (Å²) in [6.45, 7) is 2.70. The van der Waals surface area contributed by atoms with Crippen molar-refractivity contribution in [1.82, 2.24) is 0 Å². The summed E-state index contributed by atoms with van der Waals surface area (Å²) in [5, 5.41) is 2.96. The normalized spacial score (nSPS) is 12.7. The van der Waals surface area contributed by atoms with Gasteiger partial charge in [0.05, 0.1) is 17.6 Å². The third-order valence-corrected chi connectivity index (χ3v) is 5.86. The molecule has 0 aliphatic carbocycles. The molecule has 0 atom stereocenters. The Morgan fingerprint density at radius 2 is 2.07 bits per heavy atom. The van der Waals surface area contributed by atoms with Crippen LogP contribution in [0, 0.1) is 6.92 Å². The number of carbonyl (C=O) groups excluding carboxylic acids is 2. The number of amides is 2. The fourth-order valence-corrected chi connectivity index (χ4v) is 4.27. The van der Waals surface area contributed by atoms with Gasteiger partial charge in [-0.2, -0.15) is 0 Å². The minimum absolute atomic E-state index is 0.0214. The predicted octanol–water partition coefficient (Wildman–Crippen LogP) is 4.66. The maximum absolute atomic E-state index is 12.6. The number of anilines is 2. The molecule has 6 heteroatoms. The number of hydrogen-bond acceptors (Lipinski definition) is 4. The van der Waals surface area contributed by atoms with Crippen molar-refractivity contribution in [3.05, 3.63) is 83.3 Å². The van der Waals surface area contributed by atoms with Crippen LogP contribution < -0.4 is 10.2 Å². The van der Waals surface area contributed by atoms with Crippen molar-refractivity contribution < 1.29 is 14.0 Å². The first kappa shape index (κ1) is 19.3. The topological polar surface area (TPSA) is 62.6 Å². The highest BCUT2D eigenvalue weighted by Gasteiger charge is 2.26. The zero-order chi connectivity index (χ0) is 20.2. The number of furan rings is 1. The minimum Gasteiger partial charge on any atom is -0.472 e. The molecule has 2 amide bonds. The molecular formula is C23H22N2O3S. The maximum Gasteiger partial charge on any atom is 0.261 e. The summed E-state index contributed by atoms with van der Waals surface area (Å²) in [6, 6.07) is 15.7. The van der Waals surface area contributed by atoms with Crippen LogP contribution in [0.5, 0.6) is 0 Å². The highest BCUT2D eigenvalue weighted by Crippen LogP contribution is 2.31. The fourth-order valence-electron chi connectivity index (χ4n) is 3.49. The molecule has 0 saturated carbocycles. The van der Waals surface area contributed by atoms with E-state index in [4.69, 9.17) is 4.42 Å². The fraction of sp³-hybridized carbons (Fsp3) is 0.217. The van der Waals surface area contributed by atoms with Gasteiger partial charge >= 0.3 is 0 Å². The number of nitrogens with one attached hydrogen (secondary N) is 1. The van der Waals surface area contributed by atoms with Gasteiger partial charge in [0, 0.05) is 23.7 Å². The number of carbonyl (C=O) groups is 2. The smallest absolute Gasteiger partial charge is 0.261 e. The van der Waals surface area contributed by atoms with Crippen LogP contribution in [0.15, 0.2) is 65.5 Å². The van der Waals surface area contributed by atoms with Crippen LogP contribution >= 0.6 is 11.8 Å². The quantitative estimate of drug-likeness (QED) is 0.647. The average molecular weight is 407 g/mol. The van der Waals surface area contributed by atoms with E-state index < -0.39 is 0 Å². The van der Waals surface area contributed by atoms with Crippen LogP contribution in [0.2, 0.25) is 0 Å². The highest BCUT2D eigenvalue weighted by molar-refractivity contribution is 7.99. The van der Waals surface area contributed by atoms with Crippen LogP contribution in [0.25, 0.3) is 0 Å². The lowest BCUT2D eigenvalue weighted by atomic mass is 10.1. The first-order valence-electron chi connectivity index (χ1n) is 9.50. The van der Waals surface area contributed by atoms with Gasteiger partial charge < -0.3 is 14.6 Å². The molecule has 1 aliphatic rings. The van der Waals surface area contributed by atoms with E-state index in [1.807, 2.05) is 24.3 Å². The number of rotatable bonds is 6. The van der Waals surface area contributed by atoms with Crippen LogP contribution in [-0.2, 0) is 17.0 Å². The van der Waals surface area contributed by atoms with Gasteiger partial charge in [0.25, 0.3) is 5.91 Å². The molecule has 1 aliphatic heterocycles. The third kappa shape index (κ3) is 4.54. The summed E-state index contributed by atoms with van der Waals surface area (Å²) in [7, 11) is 0. The number of nitrogens with zero attached hydrogens (tertiary/aromatic N) is 1. The number of fused-ring (bicyclic) bond motifs is 1. The maximum atomic E-state index is 12.6. The molecule has 3 aromatic rings. The predicted molar refractivity (Wildman–Crippen MR) is 117 cm³/mol. The second-order valence-corrected chi connectivity index (χ2v) is 8.08. The van der Waals surface area contributed by atoms with Gasteiger partial charge in [-0.05, 0) is 48.7 Å². The Labute approximate surface area is 174 Å². The summed E-state index contributed by atoms with van der Waals surface area (Å²) < 4.78 is 5.02. The Morgan fingerprint density at radius 1 is 1.17 bits per heavy atom. The molecule has 1 aromatic heterocycles. The Morgan fingerprint density at radius 3 is 2.86 bits per heavy atom. The van der Waals surface area contributed by atoms with Gasteiger partial charge in [-0.3, -0.25) is 9.59 Å². The standard InChI is InChI=1S/C23H22N2O3S/c1-16-3-2-4-17(11-16)14-29-15-22(26)24-20-5-6-21-18(12-20)7-9-25(21)23(27)19-8-10-28-13-19/h2-6,8,10-13H,7,9,14-15H2,1H3,(H,24,26). The molecule has 0 fully saturated rings. The largest absolute Gasteiger partial charge is 0.472 e. The Balaban J connectivity index is 1.33. The zero-order valence-electron chi connectivity index (χ0n) is 16.2. The molecule has 2 heterocycles. The minimum atomic E-state index is -0.0677. The molecule has 148 valence electrons. The molecule has 0 spiro atoms. The summed E-state index contributed by atoms with van der Waals surface area (Å²) in [5.74, 6) is 1.12. The van der Waals surface area contributed by atoms with Gasteiger partial charge in [-0.1, -0.05) is 29.8 Å². The van der Waals surface area contributed by atoms with Gasteiger partial charge in [0.2, 0.25) is 5.91 Å². The van der Waals surface area contributed by atoms with E-state index in [2.05, 4.69) is 30.4 Å². The molecule has 2 aromatic carbocycles. The van der Waals surface area contributed by atoms with Crippen molar-refractivity contribution in [2.45, 2.75) is 19.1 Å². The molecule has 4 rings (SSSR count). The molecule has 5 nitrogen and oxygen atoms in total. The van der Waals surface area contributed by atoms with Gasteiger partial charge in [0.1, 0.15) is 6.26 Å². The van der Waals surface area contributed by atoms with Gasteiger partial charge in [0.15, 0.2) is 0 Å². The van der Waals surface area contributed by atoms with Crippen molar-refractivity contribution in [3.63, 3.8) is 0 Å². The number of benzene rings is 2. The Hall–Kier alpha value is -2.99. The Bertz CT molecular complexity index is 1030. The van der Waals surface area contributed by atoms with E-state index in [0.717, 1.165) is 29.1 Å². The second kappa shape index (κ2) is 8.57. The SMILES string of the molecule is Cc1cccc(CSCC(=O)Nc2ccc3c(c2)CCN3C(=O)c2ccoc2)c1. The van der Waals surface area contributed by atoms with E-state index >= 15 is 0 Å². The van der Waals surface area contributed by atoms with Crippen LogP contribution in [0.4, 0.5) is 11.4 Å². The highest BCUT2D eigenvalue weighted by atomic mass is 32.2.